The first-order chi connectivity index (χ1) is 12.0. The molecule has 0 spiro atoms. The van der Waals surface area contributed by atoms with Crippen molar-refractivity contribution in [1.82, 2.24) is 5.32 Å². The first-order valence-electron chi connectivity index (χ1n) is 9.39. The van der Waals surface area contributed by atoms with Crippen LogP contribution in [-0.4, -0.2) is 31.2 Å². The monoisotopic (exact) mass is 382 g/mol. The highest BCUT2D eigenvalue weighted by Gasteiger charge is 2.40. The van der Waals surface area contributed by atoms with E-state index in [0.29, 0.717) is 28.9 Å². The Bertz CT molecular complexity index is 609. The maximum absolute atomic E-state index is 12.8. The Morgan fingerprint density at radius 1 is 1.19 bits per heavy atom. The minimum absolute atomic E-state index is 0. The van der Waals surface area contributed by atoms with Crippen LogP contribution in [0.15, 0.2) is 18.2 Å². The predicted molar refractivity (Wildman–Crippen MR) is 105 cm³/mol. The second-order valence-corrected chi connectivity index (χ2v) is 7.71. The lowest BCUT2D eigenvalue weighted by Gasteiger charge is -2.45. The van der Waals surface area contributed by atoms with Gasteiger partial charge in [-0.25, -0.2) is 0 Å². The molecule has 6 heteroatoms. The van der Waals surface area contributed by atoms with E-state index in [2.05, 4.69) is 5.32 Å². The third-order valence-electron chi connectivity index (χ3n) is 5.46. The van der Waals surface area contributed by atoms with Crippen molar-refractivity contribution in [2.24, 2.45) is 17.6 Å². The number of rotatable bonds is 5. The third kappa shape index (κ3) is 4.63. The molecule has 2 bridgehead atoms. The highest BCUT2D eigenvalue weighted by atomic mass is 35.5. The molecule has 0 aliphatic heterocycles. The van der Waals surface area contributed by atoms with E-state index in [1.54, 1.807) is 19.2 Å². The van der Waals surface area contributed by atoms with Crippen LogP contribution in [0.2, 0.25) is 0 Å². The number of amides is 1. The summed E-state index contributed by atoms with van der Waals surface area (Å²) in [6.45, 7) is 3.93. The van der Waals surface area contributed by atoms with E-state index in [0.717, 1.165) is 12.8 Å². The van der Waals surface area contributed by atoms with Crippen LogP contribution in [-0.2, 0) is 0 Å². The van der Waals surface area contributed by atoms with Crippen LogP contribution in [0.5, 0.6) is 11.5 Å². The number of carbonyl (C=O) groups excluding carboxylic acids is 1. The number of methoxy groups -OCH3 is 1. The summed E-state index contributed by atoms with van der Waals surface area (Å²) in [5, 5.41) is 3.28. The lowest BCUT2D eigenvalue weighted by Crippen LogP contribution is -2.53. The molecule has 2 saturated carbocycles. The van der Waals surface area contributed by atoms with Gasteiger partial charge in [0.25, 0.3) is 5.91 Å². The van der Waals surface area contributed by atoms with E-state index < -0.39 is 0 Å². The van der Waals surface area contributed by atoms with Gasteiger partial charge in [-0.15, -0.1) is 12.4 Å². The SMILES string of the molecule is COc1cc(C(=O)NC2C3CCCC2CC(N)C3)ccc1OC(C)C.Cl. The van der Waals surface area contributed by atoms with E-state index in [1.165, 1.54) is 19.3 Å². The summed E-state index contributed by atoms with van der Waals surface area (Å²) >= 11 is 0. The molecule has 1 aromatic carbocycles. The number of carbonyl (C=O) groups is 1. The molecule has 1 amide bonds. The predicted octanol–water partition coefficient (Wildman–Crippen LogP) is 3.54. The smallest absolute Gasteiger partial charge is 0.251 e. The molecule has 146 valence electrons. The van der Waals surface area contributed by atoms with Crippen LogP contribution < -0.4 is 20.5 Å². The van der Waals surface area contributed by atoms with Gasteiger partial charge in [0.05, 0.1) is 13.2 Å². The summed E-state index contributed by atoms with van der Waals surface area (Å²) in [5.41, 5.74) is 6.79. The fourth-order valence-corrected chi connectivity index (χ4v) is 4.42. The number of fused-ring (bicyclic) bond motifs is 2. The van der Waals surface area contributed by atoms with Gasteiger partial charge in [-0.2, -0.15) is 0 Å². The van der Waals surface area contributed by atoms with Crippen molar-refractivity contribution in [3.8, 4) is 11.5 Å². The second kappa shape index (κ2) is 8.96. The van der Waals surface area contributed by atoms with Crippen molar-refractivity contribution >= 4 is 18.3 Å². The number of hydrogen-bond acceptors (Lipinski definition) is 4. The van der Waals surface area contributed by atoms with Gasteiger partial charge in [0.1, 0.15) is 0 Å². The number of hydrogen-bond donors (Lipinski definition) is 2. The van der Waals surface area contributed by atoms with E-state index in [4.69, 9.17) is 15.2 Å². The molecule has 2 atom stereocenters. The number of nitrogens with two attached hydrogens (primary N) is 1. The number of benzene rings is 1. The van der Waals surface area contributed by atoms with Crippen molar-refractivity contribution in [2.45, 2.75) is 64.1 Å². The van der Waals surface area contributed by atoms with Crippen molar-refractivity contribution in [2.75, 3.05) is 7.11 Å². The topological polar surface area (TPSA) is 73.6 Å². The van der Waals surface area contributed by atoms with Gasteiger partial charge in [0.2, 0.25) is 0 Å². The summed E-state index contributed by atoms with van der Waals surface area (Å²) < 4.78 is 11.1. The van der Waals surface area contributed by atoms with E-state index in [9.17, 15) is 4.79 Å². The Labute approximate surface area is 162 Å². The molecule has 0 radical (unpaired) electrons. The van der Waals surface area contributed by atoms with Crippen LogP contribution in [0.25, 0.3) is 0 Å². The minimum Gasteiger partial charge on any atom is -0.493 e. The second-order valence-electron chi connectivity index (χ2n) is 7.71. The van der Waals surface area contributed by atoms with Crippen LogP contribution in [0, 0.1) is 11.8 Å². The lowest BCUT2D eigenvalue weighted by atomic mass is 9.67. The fraction of sp³-hybridized carbons (Fsp3) is 0.650. The van der Waals surface area contributed by atoms with E-state index in [-0.39, 0.29) is 36.5 Å². The summed E-state index contributed by atoms with van der Waals surface area (Å²) in [7, 11) is 1.59. The highest BCUT2D eigenvalue weighted by Crippen LogP contribution is 2.40. The van der Waals surface area contributed by atoms with Gasteiger partial charge in [0, 0.05) is 17.6 Å². The molecule has 2 unspecified atom stereocenters. The first kappa shape index (κ1) is 20.8. The maximum atomic E-state index is 12.8. The molecule has 3 rings (SSSR count). The summed E-state index contributed by atoms with van der Waals surface area (Å²) in [5.74, 6) is 2.24. The van der Waals surface area contributed by atoms with Gasteiger partial charge in [0.15, 0.2) is 11.5 Å². The zero-order valence-electron chi connectivity index (χ0n) is 15.9. The quantitative estimate of drug-likeness (QED) is 0.816. The van der Waals surface area contributed by atoms with Crippen LogP contribution in [0.1, 0.15) is 56.3 Å². The molecule has 0 aromatic heterocycles. The zero-order valence-corrected chi connectivity index (χ0v) is 16.7. The zero-order chi connectivity index (χ0) is 18.0. The minimum atomic E-state index is -0.0354. The van der Waals surface area contributed by atoms with Gasteiger partial charge >= 0.3 is 0 Å². The standard InChI is InChI=1S/C20H30N2O3.ClH/c1-12(2)25-17-8-7-15(11-18(17)24-3)20(23)22-19-13-5-4-6-14(19)10-16(21)9-13;/h7-8,11-14,16,19H,4-6,9-10,21H2,1-3H3,(H,22,23);1H. The first-order valence-corrected chi connectivity index (χ1v) is 9.39. The van der Waals surface area contributed by atoms with Crippen LogP contribution in [0.3, 0.4) is 0 Å². The van der Waals surface area contributed by atoms with Crippen molar-refractivity contribution < 1.29 is 14.3 Å². The summed E-state index contributed by atoms with van der Waals surface area (Å²) in [4.78, 5) is 12.8. The van der Waals surface area contributed by atoms with Gasteiger partial charge < -0.3 is 20.5 Å². The number of ether oxygens (including phenoxy) is 2. The molecule has 2 aliphatic rings. The summed E-state index contributed by atoms with van der Waals surface area (Å²) in [6, 6.07) is 5.91. The Hall–Kier alpha value is -1.46. The van der Waals surface area contributed by atoms with Crippen molar-refractivity contribution in [3.63, 3.8) is 0 Å². The van der Waals surface area contributed by atoms with E-state index in [1.807, 2.05) is 19.9 Å². The molecule has 0 heterocycles. The molecular weight excluding hydrogens is 352 g/mol. The van der Waals surface area contributed by atoms with Crippen molar-refractivity contribution in [3.05, 3.63) is 23.8 Å². The van der Waals surface area contributed by atoms with Crippen molar-refractivity contribution in [1.29, 1.82) is 0 Å². The van der Waals surface area contributed by atoms with Crippen LogP contribution in [0.4, 0.5) is 0 Å². The molecular formula is C20H31ClN2O3. The third-order valence-corrected chi connectivity index (χ3v) is 5.46. The normalized spacial score (nSPS) is 27.4. The molecule has 0 saturated heterocycles. The Balaban J connectivity index is 0.00000243. The molecule has 1 aromatic rings. The molecule has 2 fully saturated rings. The highest BCUT2D eigenvalue weighted by molar-refractivity contribution is 5.95. The average Bonchev–Trinajstić information content (AvgIpc) is 2.55. The molecule has 26 heavy (non-hydrogen) atoms. The number of nitrogens with one attached hydrogen (secondary N) is 1. The number of halogens is 1. The molecule has 5 nitrogen and oxygen atoms in total. The summed E-state index contributed by atoms with van der Waals surface area (Å²) in [6.07, 6.45) is 5.68. The van der Waals surface area contributed by atoms with Crippen LogP contribution >= 0.6 is 12.4 Å². The maximum Gasteiger partial charge on any atom is 0.251 e. The fourth-order valence-electron chi connectivity index (χ4n) is 4.42. The Kier molecular flexibility index (Phi) is 7.18. The Morgan fingerprint density at radius 2 is 1.85 bits per heavy atom. The average molecular weight is 383 g/mol. The van der Waals surface area contributed by atoms with Gasteiger partial charge in [-0.1, -0.05) is 6.42 Å². The lowest BCUT2D eigenvalue weighted by molar-refractivity contribution is 0.0755. The van der Waals surface area contributed by atoms with Gasteiger partial charge in [-0.05, 0) is 69.6 Å². The molecule has 3 N–H and O–H groups in total. The Morgan fingerprint density at radius 3 is 2.42 bits per heavy atom. The van der Waals surface area contributed by atoms with E-state index >= 15 is 0 Å². The largest absolute Gasteiger partial charge is 0.493 e. The molecule has 2 aliphatic carbocycles. The van der Waals surface area contributed by atoms with Gasteiger partial charge in [-0.3, -0.25) is 4.79 Å².